The van der Waals surface area contributed by atoms with Crippen LogP contribution in [-0.2, 0) is 19.1 Å². The van der Waals surface area contributed by atoms with E-state index in [1.807, 2.05) is 54.6 Å². The van der Waals surface area contributed by atoms with Crippen molar-refractivity contribution in [2.75, 3.05) is 40.4 Å². The summed E-state index contributed by atoms with van der Waals surface area (Å²) in [6, 6.07) is 23.9. The summed E-state index contributed by atoms with van der Waals surface area (Å²) in [7, 11) is 3.22. The molecular weight excluding hydrogens is 677 g/mol. The molecule has 3 amide bonds. The number of thioether (sulfide) groups is 1. The number of nitrogens with one attached hydrogen (secondary N) is 1. The van der Waals surface area contributed by atoms with Crippen molar-refractivity contribution >= 4 is 41.6 Å². The van der Waals surface area contributed by atoms with Crippen LogP contribution in [0.2, 0.25) is 0 Å². The van der Waals surface area contributed by atoms with Gasteiger partial charge in [0.15, 0.2) is 5.17 Å². The van der Waals surface area contributed by atoms with Gasteiger partial charge in [0.05, 0.1) is 25.3 Å². The number of likely N-dealkylation sites (N-methyl/N-ethyl adjacent to an activating group) is 1. The van der Waals surface area contributed by atoms with Crippen molar-refractivity contribution < 1.29 is 23.9 Å². The molecule has 11 nitrogen and oxygen atoms in total. The highest BCUT2D eigenvalue weighted by Gasteiger charge is 2.39. The van der Waals surface area contributed by atoms with Gasteiger partial charge in [-0.1, -0.05) is 84.6 Å². The molecular formula is C40H48N6O5S. The van der Waals surface area contributed by atoms with Gasteiger partial charge in [0.25, 0.3) is 0 Å². The summed E-state index contributed by atoms with van der Waals surface area (Å²) in [5.41, 5.74) is 4.45. The second-order valence-corrected chi connectivity index (χ2v) is 13.9. The van der Waals surface area contributed by atoms with Crippen molar-refractivity contribution in [1.29, 1.82) is 0 Å². The molecule has 2 aliphatic rings. The van der Waals surface area contributed by atoms with Crippen LogP contribution in [0.25, 0.3) is 11.1 Å². The lowest BCUT2D eigenvalue weighted by Gasteiger charge is -2.34. The fourth-order valence-electron chi connectivity index (χ4n) is 6.70. The van der Waals surface area contributed by atoms with Gasteiger partial charge < -0.3 is 19.7 Å². The van der Waals surface area contributed by atoms with Crippen LogP contribution in [0, 0.1) is 0 Å². The molecule has 1 saturated heterocycles. The van der Waals surface area contributed by atoms with E-state index in [0.29, 0.717) is 18.3 Å². The third kappa shape index (κ3) is 8.74. The summed E-state index contributed by atoms with van der Waals surface area (Å²) in [4.78, 5) is 49.8. The van der Waals surface area contributed by atoms with E-state index < -0.39 is 30.2 Å². The molecule has 0 bridgehead atoms. The minimum Gasteiger partial charge on any atom is -0.448 e. The lowest BCUT2D eigenvalue weighted by Crippen LogP contribution is -2.59. The van der Waals surface area contributed by atoms with Crippen molar-refractivity contribution in [3.63, 3.8) is 0 Å². The van der Waals surface area contributed by atoms with E-state index in [-0.39, 0.29) is 31.1 Å². The van der Waals surface area contributed by atoms with E-state index in [9.17, 15) is 14.4 Å². The van der Waals surface area contributed by atoms with Gasteiger partial charge in [-0.05, 0) is 61.1 Å². The molecule has 3 aromatic rings. The van der Waals surface area contributed by atoms with Crippen LogP contribution >= 0.6 is 11.8 Å². The smallest absolute Gasteiger partial charge is 0.410 e. The summed E-state index contributed by atoms with van der Waals surface area (Å²) in [6.07, 6.45) is 1.80. The number of carbonyl (C=O) groups excluding carboxylic acids is 3. The van der Waals surface area contributed by atoms with Gasteiger partial charge in [0, 0.05) is 38.2 Å². The van der Waals surface area contributed by atoms with E-state index >= 15 is 0 Å². The molecule has 1 aliphatic heterocycles. The minimum absolute atomic E-state index is 0.115. The fraction of sp³-hybridized carbons (Fsp3) is 0.375. The first-order valence-corrected chi connectivity index (χ1v) is 18.3. The number of aliphatic imine (C=N–C) groups is 1. The second-order valence-electron chi connectivity index (χ2n) is 12.9. The minimum atomic E-state index is -1.02. The van der Waals surface area contributed by atoms with Crippen LogP contribution in [-0.4, -0.2) is 109 Å². The Kier molecular flexibility index (Phi) is 13.3. The van der Waals surface area contributed by atoms with Crippen LogP contribution < -0.4 is 5.32 Å². The Bertz CT molecular complexity index is 1720. The van der Waals surface area contributed by atoms with Crippen LogP contribution in [0.4, 0.5) is 4.79 Å². The Labute approximate surface area is 310 Å². The van der Waals surface area contributed by atoms with E-state index in [2.05, 4.69) is 53.0 Å². The number of carbonyl (C=O) groups is 3. The van der Waals surface area contributed by atoms with Crippen LogP contribution in [0.1, 0.15) is 43.7 Å². The van der Waals surface area contributed by atoms with Gasteiger partial charge in [-0.25, -0.2) is 9.80 Å². The molecule has 5 rings (SSSR count). The molecule has 1 heterocycles. The highest BCUT2D eigenvalue weighted by Crippen LogP contribution is 2.44. The lowest BCUT2D eigenvalue weighted by molar-refractivity contribution is -0.142. The lowest BCUT2D eigenvalue weighted by atomic mass is 9.98. The number of nitrogens with zero attached hydrogens (tertiary/aromatic N) is 5. The molecule has 0 saturated carbocycles. The number of rotatable bonds is 14. The molecule has 0 radical (unpaired) electrons. The number of fused-ring (bicyclic) bond motifs is 3. The average Bonchev–Trinajstić information content (AvgIpc) is 3.78. The first-order chi connectivity index (χ1) is 25.2. The number of hydrogen-bond donors (Lipinski definition) is 1. The Hall–Kier alpha value is -4.94. The molecule has 1 fully saturated rings. The highest BCUT2D eigenvalue weighted by atomic mass is 32.2. The number of benzene rings is 3. The Morgan fingerprint density at radius 2 is 1.65 bits per heavy atom. The van der Waals surface area contributed by atoms with Gasteiger partial charge >= 0.3 is 6.09 Å². The molecule has 52 heavy (non-hydrogen) atoms. The molecule has 0 aromatic heterocycles. The molecule has 1 aliphatic carbocycles. The fourth-order valence-corrected chi connectivity index (χ4v) is 7.53. The summed E-state index contributed by atoms with van der Waals surface area (Å²) >= 11 is 1.47. The molecule has 0 unspecified atom stereocenters. The third-order valence-electron chi connectivity index (χ3n) is 9.67. The number of hydrogen-bond acceptors (Lipinski definition) is 8. The van der Waals surface area contributed by atoms with E-state index in [1.165, 1.54) is 23.7 Å². The Balaban J connectivity index is 1.24. The van der Waals surface area contributed by atoms with Gasteiger partial charge in [0.1, 0.15) is 18.7 Å². The predicted molar refractivity (Wildman–Crippen MR) is 206 cm³/mol. The van der Waals surface area contributed by atoms with Crippen molar-refractivity contribution in [3.8, 4) is 11.1 Å². The van der Waals surface area contributed by atoms with Crippen LogP contribution in [0.5, 0.6) is 0 Å². The van der Waals surface area contributed by atoms with Crippen molar-refractivity contribution in [2.24, 2.45) is 10.1 Å². The second kappa shape index (κ2) is 18.0. The zero-order chi connectivity index (χ0) is 37.2. The first-order valence-electron chi connectivity index (χ1n) is 17.5. The van der Waals surface area contributed by atoms with Crippen LogP contribution in [0.3, 0.4) is 0 Å². The first kappa shape index (κ1) is 38.3. The maximum atomic E-state index is 14.3. The summed E-state index contributed by atoms with van der Waals surface area (Å²) < 4.78 is 11.7. The normalized spacial score (nSPS) is 17.0. The largest absolute Gasteiger partial charge is 0.448 e. The number of amidine groups is 1. The number of ether oxygens (including phenoxy) is 2. The molecule has 0 spiro atoms. The topological polar surface area (TPSA) is 116 Å². The predicted octanol–water partition coefficient (Wildman–Crippen LogP) is 6.02. The van der Waals surface area contributed by atoms with Crippen molar-refractivity contribution in [1.82, 2.24) is 20.1 Å². The Morgan fingerprint density at radius 3 is 2.27 bits per heavy atom. The van der Waals surface area contributed by atoms with Gasteiger partial charge in [-0.15, -0.1) is 6.58 Å². The summed E-state index contributed by atoms with van der Waals surface area (Å²) in [5, 5.41) is 9.51. The molecule has 4 atom stereocenters. The van der Waals surface area contributed by atoms with Gasteiger partial charge in [0.2, 0.25) is 11.8 Å². The summed E-state index contributed by atoms with van der Waals surface area (Å²) in [5.74, 6) is -0.901. The Morgan fingerprint density at radius 1 is 1.02 bits per heavy atom. The molecule has 12 heteroatoms. The quantitative estimate of drug-likeness (QED) is 0.0711. The number of hydrazone groups is 1. The maximum Gasteiger partial charge on any atom is 0.410 e. The standard InChI is InChI=1S/C40H48N6O5S/c1-7-24-50-28(3)36(38(48)45-23-15-16-29(45)25-46(42-5)39(41-4)52-30-17-9-8-10-18-30)43-37(47)27(2)44(6)40(49)51-26-35-33-21-13-11-19-31(33)32-20-12-14-22-34(32)35/h7-14,17-22,27-29,35-36H,1,5,15-16,23-26H2,2-4,6H3,(H,43,47)/b41-39+/t27-,28+,29-,36-/m0/s1. The highest BCUT2D eigenvalue weighted by molar-refractivity contribution is 8.13. The van der Waals surface area contributed by atoms with Crippen molar-refractivity contribution in [3.05, 3.63) is 103 Å². The zero-order valence-electron chi connectivity index (χ0n) is 30.3. The van der Waals surface area contributed by atoms with Crippen LogP contribution in [0.15, 0.2) is 107 Å². The summed E-state index contributed by atoms with van der Waals surface area (Å²) in [6.45, 7) is 12.1. The van der Waals surface area contributed by atoms with Gasteiger partial charge in [-0.3, -0.25) is 19.5 Å². The average molecular weight is 725 g/mol. The zero-order valence-corrected chi connectivity index (χ0v) is 31.1. The van der Waals surface area contributed by atoms with Crippen molar-refractivity contribution in [2.45, 2.75) is 61.7 Å². The molecule has 3 aromatic carbocycles. The van der Waals surface area contributed by atoms with E-state index in [4.69, 9.17) is 9.47 Å². The SMILES string of the molecule is C=CCO[C@H](C)[C@H](NC(=O)[C@H](C)N(C)C(=O)OCC1c2ccccc2-c2ccccc21)C(=O)N1CCC[C@H]1CN(N=C)/C(=N\C)Sc1ccccc1. The monoisotopic (exact) mass is 724 g/mol. The third-order valence-corrected chi connectivity index (χ3v) is 10.8. The van der Waals surface area contributed by atoms with Gasteiger partial charge in [-0.2, -0.15) is 5.10 Å². The molecule has 1 N–H and O–H groups in total. The van der Waals surface area contributed by atoms with E-state index in [1.54, 1.807) is 36.9 Å². The number of likely N-dealkylation sites (tertiary alicyclic amines) is 1. The molecule has 274 valence electrons. The number of amides is 3. The maximum absolute atomic E-state index is 14.3. The van der Waals surface area contributed by atoms with E-state index in [0.717, 1.165) is 40.0 Å².